The van der Waals surface area contributed by atoms with Crippen LogP contribution in [-0.2, 0) is 0 Å². The van der Waals surface area contributed by atoms with Gasteiger partial charge >= 0.3 is 0 Å². The van der Waals surface area contributed by atoms with Gasteiger partial charge in [-0.2, -0.15) is 0 Å². The van der Waals surface area contributed by atoms with E-state index >= 15 is 0 Å². The molecular formula is C16H18N2OS. The van der Waals surface area contributed by atoms with E-state index in [-0.39, 0.29) is 0 Å². The van der Waals surface area contributed by atoms with Gasteiger partial charge in [-0.15, -0.1) is 11.8 Å². The van der Waals surface area contributed by atoms with Crippen molar-refractivity contribution < 1.29 is 4.74 Å². The minimum Gasteiger partial charge on any atom is -0.491 e. The van der Waals surface area contributed by atoms with Gasteiger partial charge in [0, 0.05) is 23.7 Å². The molecule has 1 aromatic carbocycles. The van der Waals surface area contributed by atoms with Crippen LogP contribution in [0, 0.1) is 0 Å². The molecule has 0 radical (unpaired) electrons. The van der Waals surface area contributed by atoms with Gasteiger partial charge in [0.15, 0.2) is 0 Å². The Morgan fingerprint density at radius 1 is 1.25 bits per heavy atom. The molecule has 20 heavy (non-hydrogen) atoms. The third-order valence-electron chi connectivity index (χ3n) is 3.35. The molecule has 3 rings (SSSR count). The summed E-state index contributed by atoms with van der Waals surface area (Å²) in [6.45, 7) is 1.51. The fourth-order valence-corrected chi connectivity index (χ4v) is 3.51. The number of ether oxygens (including phenoxy) is 1. The van der Waals surface area contributed by atoms with Crippen LogP contribution in [0.5, 0.6) is 5.75 Å². The van der Waals surface area contributed by atoms with Crippen molar-refractivity contribution in [3.8, 4) is 5.75 Å². The van der Waals surface area contributed by atoms with Gasteiger partial charge in [0.05, 0.1) is 6.20 Å². The second kappa shape index (κ2) is 6.77. The zero-order valence-corrected chi connectivity index (χ0v) is 12.1. The number of rotatable bonds is 5. The van der Waals surface area contributed by atoms with Gasteiger partial charge < -0.3 is 10.1 Å². The van der Waals surface area contributed by atoms with E-state index in [0.717, 1.165) is 12.3 Å². The predicted octanol–water partition coefficient (Wildman–Crippen LogP) is 3.29. The Morgan fingerprint density at radius 2 is 2.20 bits per heavy atom. The first-order valence-corrected chi connectivity index (χ1v) is 7.90. The molecular weight excluding hydrogens is 268 g/mol. The smallest absolute Gasteiger partial charge is 0.137 e. The molecule has 1 atom stereocenters. The molecule has 4 heteroatoms. The highest BCUT2D eigenvalue weighted by Gasteiger charge is 2.19. The van der Waals surface area contributed by atoms with Crippen LogP contribution in [-0.4, -0.2) is 23.9 Å². The number of nitrogens with zero attached hydrogens (tertiary/aromatic N) is 1. The second-order valence-corrected chi connectivity index (χ2v) is 5.86. The highest BCUT2D eigenvalue weighted by Crippen LogP contribution is 2.35. The molecule has 1 aromatic heterocycles. The molecule has 104 valence electrons. The molecule has 0 saturated carbocycles. The van der Waals surface area contributed by atoms with E-state index in [9.17, 15) is 0 Å². The number of pyridine rings is 1. The predicted molar refractivity (Wildman–Crippen MR) is 82.3 cm³/mol. The Balaban J connectivity index is 1.50. The van der Waals surface area contributed by atoms with Crippen molar-refractivity contribution in [2.75, 3.05) is 18.9 Å². The summed E-state index contributed by atoms with van der Waals surface area (Å²) in [6.07, 6.45) is 4.67. The largest absolute Gasteiger partial charge is 0.491 e. The lowest BCUT2D eigenvalue weighted by Crippen LogP contribution is -2.28. The van der Waals surface area contributed by atoms with Crippen molar-refractivity contribution in [3.05, 3.63) is 54.4 Å². The lowest BCUT2D eigenvalue weighted by Gasteiger charge is -2.26. The summed E-state index contributed by atoms with van der Waals surface area (Å²) < 4.78 is 5.65. The Morgan fingerprint density at radius 3 is 3.10 bits per heavy atom. The number of benzene rings is 1. The Hall–Kier alpha value is -1.52. The SMILES string of the molecule is c1cncc(OCCN[C@H]2CCSc3ccccc32)c1. The number of aromatic nitrogens is 1. The van der Waals surface area contributed by atoms with Crippen molar-refractivity contribution in [2.45, 2.75) is 17.4 Å². The standard InChI is InChI=1S/C16H18N2OS/c1-2-6-16-14(5-1)15(7-11-20-16)18-9-10-19-13-4-3-8-17-12-13/h1-6,8,12,15,18H,7,9-11H2/t15-/m0/s1. The van der Waals surface area contributed by atoms with Crippen molar-refractivity contribution in [1.29, 1.82) is 0 Å². The van der Waals surface area contributed by atoms with Crippen LogP contribution in [0.2, 0.25) is 0 Å². The van der Waals surface area contributed by atoms with Crippen LogP contribution in [0.15, 0.2) is 53.7 Å². The zero-order valence-electron chi connectivity index (χ0n) is 11.3. The molecule has 1 N–H and O–H groups in total. The van der Waals surface area contributed by atoms with Crippen molar-refractivity contribution in [1.82, 2.24) is 10.3 Å². The van der Waals surface area contributed by atoms with Gasteiger partial charge in [0.2, 0.25) is 0 Å². The van der Waals surface area contributed by atoms with Crippen molar-refractivity contribution >= 4 is 11.8 Å². The van der Waals surface area contributed by atoms with Gasteiger partial charge in [-0.1, -0.05) is 18.2 Å². The molecule has 0 saturated heterocycles. The highest BCUT2D eigenvalue weighted by atomic mass is 32.2. The van der Waals surface area contributed by atoms with Crippen LogP contribution in [0.1, 0.15) is 18.0 Å². The Labute approximate surface area is 123 Å². The van der Waals surface area contributed by atoms with E-state index in [4.69, 9.17) is 4.74 Å². The van der Waals surface area contributed by atoms with E-state index in [1.54, 1.807) is 12.4 Å². The average molecular weight is 286 g/mol. The molecule has 2 heterocycles. The van der Waals surface area contributed by atoms with E-state index in [1.165, 1.54) is 22.6 Å². The number of fused-ring (bicyclic) bond motifs is 1. The third kappa shape index (κ3) is 3.32. The maximum atomic E-state index is 5.65. The molecule has 3 nitrogen and oxygen atoms in total. The summed E-state index contributed by atoms with van der Waals surface area (Å²) >= 11 is 1.95. The monoisotopic (exact) mass is 286 g/mol. The van der Waals surface area contributed by atoms with Gasteiger partial charge in [0.25, 0.3) is 0 Å². The van der Waals surface area contributed by atoms with Crippen LogP contribution >= 0.6 is 11.8 Å². The fourth-order valence-electron chi connectivity index (χ4n) is 2.39. The molecule has 2 aromatic rings. The Kier molecular flexibility index (Phi) is 4.56. The number of thioether (sulfide) groups is 1. The van der Waals surface area contributed by atoms with Gasteiger partial charge in [0.1, 0.15) is 12.4 Å². The Bertz CT molecular complexity index is 547. The van der Waals surface area contributed by atoms with Crippen LogP contribution in [0.25, 0.3) is 0 Å². The fraction of sp³-hybridized carbons (Fsp3) is 0.312. The van der Waals surface area contributed by atoms with Crippen LogP contribution < -0.4 is 10.1 Å². The number of hydrogen-bond acceptors (Lipinski definition) is 4. The topological polar surface area (TPSA) is 34.1 Å². The molecule has 0 unspecified atom stereocenters. The first-order valence-electron chi connectivity index (χ1n) is 6.91. The maximum Gasteiger partial charge on any atom is 0.137 e. The van der Waals surface area contributed by atoms with E-state index in [0.29, 0.717) is 12.6 Å². The molecule has 1 aliphatic rings. The van der Waals surface area contributed by atoms with E-state index in [2.05, 4.69) is 34.6 Å². The van der Waals surface area contributed by atoms with Crippen molar-refractivity contribution in [2.24, 2.45) is 0 Å². The molecule has 0 amide bonds. The minimum atomic E-state index is 0.449. The van der Waals surface area contributed by atoms with Gasteiger partial charge in [-0.05, 0) is 35.9 Å². The summed E-state index contributed by atoms with van der Waals surface area (Å²) in [5.74, 6) is 2.01. The van der Waals surface area contributed by atoms with E-state index < -0.39 is 0 Å². The minimum absolute atomic E-state index is 0.449. The summed E-state index contributed by atoms with van der Waals surface area (Å²) in [7, 11) is 0. The first-order chi connectivity index (χ1) is 9.93. The molecule has 0 bridgehead atoms. The van der Waals surface area contributed by atoms with E-state index in [1.807, 2.05) is 23.9 Å². The van der Waals surface area contributed by atoms with Crippen LogP contribution in [0.3, 0.4) is 0 Å². The number of hydrogen-bond donors (Lipinski definition) is 1. The quantitative estimate of drug-likeness (QED) is 0.855. The highest BCUT2D eigenvalue weighted by molar-refractivity contribution is 7.99. The molecule has 0 spiro atoms. The van der Waals surface area contributed by atoms with Gasteiger partial charge in [-0.25, -0.2) is 0 Å². The summed E-state index contributed by atoms with van der Waals surface area (Å²) in [5, 5.41) is 3.59. The average Bonchev–Trinajstić information content (AvgIpc) is 2.53. The summed E-state index contributed by atoms with van der Waals surface area (Å²) in [5.41, 5.74) is 1.42. The summed E-state index contributed by atoms with van der Waals surface area (Å²) in [6, 6.07) is 12.9. The first kappa shape index (κ1) is 13.5. The third-order valence-corrected chi connectivity index (χ3v) is 4.48. The van der Waals surface area contributed by atoms with Crippen molar-refractivity contribution in [3.63, 3.8) is 0 Å². The maximum absolute atomic E-state index is 5.65. The lowest BCUT2D eigenvalue weighted by molar-refractivity contribution is 0.302. The molecule has 0 aliphatic carbocycles. The number of nitrogens with one attached hydrogen (secondary N) is 1. The van der Waals surface area contributed by atoms with Gasteiger partial charge in [-0.3, -0.25) is 4.98 Å². The summed E-state index contributed by atoms with van der Waals surface area (Å²) in [4.78, 5) is 5.44. The van der Waals surface area contributed by atoms with Crippen LogP contribution in [0.4, 0.5) is 0 Å². The molecule has 0 fully saturated rings. The second-order valence-electron chi connectivity index (χ2n) is 4.72. The molecule has 1 aliphatic heterocycles. The lowest BCUT2D eigenvalue weighted by atomic mass is 10.0. The normalized spacial score (nSPS) is 17.5. The zero-order chi connectivity index (χ0) is 13.6.